The Labute approximate surface area is 141 Å². The maximum Gasteiger partial charge on any atom is 0.171 e. The van der Waals surface area contributed by atoms with Crippen LogP contribution in [-0.4, -0.2) is 28.6 Å². The van der Waals surface area contributed by atoms with Crippen molar-refractivity contribution in [3.8, 4) is 5.69 Å². The normalized spacial score (nSPS) is 11.6. The Balaban J connectivity index is 1.86. The number of aryl methyl sites for hydroxylation is 2. The molecule has 0 atom stereocenters. The van der Waals surface area contributed by atoms with Gasteiger partial charge in [-0.3, -0.25) is 0 Å². The van der Waals surface area contributed by atoms with Crippen LogP contribution in [0.1, 0.15) is 22.5 Å². The number of hydrogen-bond acceptors (Lipinski definition) is 5. The van der Waals surface area contributed by atoms with Gasteiger partial charge in [-0.25, -0.2) is 8.42 Å². The van der Waals surface area contributed by atoms with Gasteiger partial charge < -0.3 is 0 Å². The number of hydrogen-bond donors (Lipinski definition) is 0. The number of benzene rings is 2. The van der Waals surface area contributed by atoms with Crippen molar-refractivity contribution in [2.75, 3.05) is 0 Å². The summed E-state index contributed by atoms with van der Waals surface area (Å²) >= 11 is 0. The first-order valence-corrected chi connectivity index (χ1v) is 9.36. The third-order valence-electron chi connectivity index (χ3n) is 3.76. The van der Waals surface area contributed by atoms with Crippen molar-refractivity contribution in [2.45, 2.75) is 25.4 Å². The van der Waals surface area contributed by atoms with Crippen molar-refractivity contribution in [2.24, 2.45) is 0 Å². The third-order valence-corrected chi connectivity index (χ3v) is 5.21. The molecule has 3 rings (SSSR count). The van der Waals surface area contributed by atoms with Crippen LogP contribution in [0.5, 0.6) is 0 Å². The average Bonchev–Trinajstić information content (AvgIpc) is 2.99. The van der Waals surface area contributed by atoms with E-state index in [9.17, 15) is 8.42 Å². The van der Waals surface area contributed by atoms with E-state index in [-0.39, 0.29) is 11.5 Å². The minimum absolute atomic E-state index is 0.0256. The van der Waals surface area contributed by atoms with Crippen LogP contribution in [0.15, 0.2) is 48.5 Å². The molecule has 7 heteroatoms. The molecule has 0 amide bonds. The SMILES string of the molecule is Cc1ccc(C)c(CS(=O)(=O)Cc2nnnn2-c2ccccc2)c1. The van der Waals surface area contributed by atoms with E-state index in [1.54, 1.807) is 0 Å². The quantitative estimate of drug-likeness (QED) is 0.711. The molecule has 0 fully saturated rings. The van der Waals surface area contributed by atoms with Crippen LogP contribution in [0.4, 0.5) is 0 Å². The van der Waals surface area contributed by atoms with E-state index in [1.165, 1.54) is 4.68 Å². The van der Waals surface area contributed by atoms with Crippen molar-refractivity contribution in [3.05, 3.63) is 71.0 Å². The lowest BCUT2D eigenvalue weighted by Gasteiger charge is -2.09. The highest BCUT2D eigenvalue weighted by molar-refractivity contribution is 7.89. The summed E-state index contributed by atoms with van der Waals surface area (Å²) in [6.07, 6.45) is 0. The van der Waals surface area contributed by atoms with E-state index >= 15 is 0 Å². The van der Waals surface area contributed by atoms with Crippen molar-refractivity contribution in [1.82, 2.24) is 20.2 Å². The highest BCUT2D eigenvalue weighted by Crippen LogP contribution is 2.17. The number of nitrogens with zero attached hydrogens (tertiary/aromatic N) is 4. The second kappa shape index (κ2) is 6.52. The smallest absolute Gasteiger partial charge is 0.171 e. The lowest BCUT2D eigenvalue weighted by Crippen LogP contribution is -2.13. The van der Waals surface area contributed by atoms with E-state index in [1.807, 2.05) is 62.4 Å². The summed E-state index contributed by atoms with van der Waals surface area (Å²) in [5, 5.41) is 11.4. The summed E-state index contributed by atoms with van der Waals surface area (Å²) in [5.41, 5.74) is 3.56. The maximum atomic E-state index is 12.6. The van der Waals surface area contributed by atoms with Crippen LogP contribution in [0.3, 0.4) is 0 Å². The Morgan fingerprint density at radius 1 is 1.00 bits per heavy atom. The van der Waals surface area contributed by atoms with Crippen LogP contribution < -0.4 is 0 Å². The molecule has 1 heterocycles. The highest BCUT2D eigenvalue weighted by Gasteiger charge is 2.20. The van der Waals surface area contributed by atoms with Gasteiger partial charge in [0.25, 0.3) is 0 Å². The fourth-order valence-electron chi connectivity index (χ4n) is 2.51. The first kappa shape index (κ1) is 16.3. The van der Waals surface area contributed by atoms with Crippen LogP contribution in [0, 0.1) is 13.8 Å². The molecule has 0 N–H and O–H groups in total. The summed E-state index contributed by atoms with van der Waals surface area (Å²) in [4.78, 5) is 0. The van der Waals surface area contributed by atoms with E-state index in [0.29, 0.717) is 5.82 Å². The fraction of sp³-hybridized carbons (Fsp3) is 0.235. The topological polar surface area (TPSA) is 77.7 Å². The Hall–Kier alpha value is -2.54. The summed E-state index contributed by atoms with van der Waals surface area (Å²) in [6, 6.07) is 15.1. The lowest BCUT2D eigenvalue weighted by molar-refractivity contribution is 0.591. The number of rotatable bonds is 5. The van der Waals surface area contributed by atoms with Gasteiger partial charge in [-0.2, -0.15) is 4.68 Å². The van der Waals surface area contributed by atoms with Gasteiger partial charge in [0.2, 0.25) is 0 Å². The van der Waals surface area contributed by atoms with Crippen LogP contribution in [-0.2, 0) is 21.3 Å². The zero-order chi connectivity index (χ0) is 17.2. The Morgan fingerprint density at radius 2 is 1.75 bits per heavy atom. The maximum absolute atomic E-state index is 12.6. The Kier molecular flexibility index (Phi) is 4.44. The number of sulfone groups is 1. The molecular formula is C17H18N4O2S. The number of tetrazole rings is 1. The summed E-state index contributed by atoms with van der Waals surface area (Å²) in [7, 11) is -3.39. The second-order valence-corrected chi connectivity index (χ2v) is 7.87. The van der Waals surface area contributed by atoms with Gasteiger partial charge >= 0.3 is 0 Å². The molecule has 0 bridgehead atoms. The number of para-hydroxylation sites is 1. The van der Waals surface area contributed by atoms with Gasteiger partial charge in [0.1, 0.15) is 5.75 Å². The van der Waals surface area contributed by atoms with E-state index in [4.69, 9.17) is 0 Å². The molecule has 0 saturated carbocycles. The molecule has 0 saturated heterocycles. The molecule has 24 heavy (non-hydrogen) atoms. The molecule has 1 aromatic heterocycles. The van der Waals surface area contributed by atoms with Gasteiger partial charge in [-0.05, 0) is 47.5 Å². The Morgan fingerprint density at radius 3 is 2.50 bits per heavy atom. The minimum atomic E-state index is -3.39. The first-order valence-electron chi connectivity index (χ1n) is 7.54. The second-order valence-electron chi connectivity index (χ2n) is 5.80. The molecule has 2 aromatic carbocycles. The summed E-state index contributed by atoms with van der Waals surface area (Å²) < 4.78 is 26.7. The van der Waals surface area contributed by atoms with Crippen molar-refractivity contribution < 1.29 is 8.42 Å². The summed E-state index contributed by atoms with van der Waals surface area (Å²) in [6.45, 7) is 3.86. The lowest BCUT2D eigenvalue weighted by atomic mass is 10.1. The molecule has 0 aliphatic heterocycles. The van der Waals surface area contributed by atoms with Gasteiger partial charge in [0, 0.05) is 0 Å². The zero-order valence-corrected chi connectivity index (χ0v) is 14.4. The van der Waals surface area contributed by atoms with Gasteiger partial charge in [-0.15, -0.1) is 5.10 Å². The van der Waals surface area contributed by atoms with Gasteiger partial charge in [0.05, 0.1) is 11.4 Å². The van der Waals surface area contributed by atoms with E-state index in [2.05, 4.69) is 15.5 Å². The molecule has 0 aliphatic rings. The zero-order valence-electron chi connectivity index (χ0n) is 13.5. The van der Waals surface area contributed by atoms with Gasteiger partial charge in [-0.1, -0.05) is 42.0 Å². The van der Waals surface area contributed by atoms with Crippen molar-refractivity contribution >= 4 is 9.84 Å². The Bertz CT molecular complexity index is 950. The van der Waals surface area contributed by atoms with Crippen LogP contribution >= 0.6 is 0 Å². The fourth-order valence-corrected chi connectivity index (χ4v) is 3.97. The predicted octanol–water partition coefficient (Wildman–Crippen LogP) is 2.39. The van der Waals surface area contributed by atoms with Crippen molar-refractivity contribution in [1.29, 1.82) is 0 Å². The molecule has 0 unspecified atom stereocenters. The highest BCUT2D eigenvalue weighted by atomic mass is 32.2. The molecule has 3 aromatic rings. The molecule has 6 nitrogen and oxygen atoms in total. The molecule has 0 aliphatic carbocycles. The monoisotopic (exact) mass is 342 g/mol. The molecular weight excluding hydrogens is 324 g/mol. The van der Waals surface area contributed by atoms with Gasteiger partial charge in [0.15, 0.2) is 15.7 Å². The first-order chi connectivity index (χ1) is 11.4. The summed E-state index contributed by atoms with van der Waals surface area (Å²) in [5.74, 6) is 0.0799. The van der Waals surface area contributed by atoms with E-state index in [0.717, 1.165) is 22.4 Å². The molecule has 124 valence electrons. The average molecular weight is 342 g/mol. The number of aromatic nitrogens is 4. The molecule has 0 spiro atoms. The largest absolute Gasteiger partial charge is 0.228 e. The minimum Gasteiger partial charge on any atom is -0.228 e. The molecule has 0 radical (unpaired) electrons. The van der Waals surface area contributed by atoms with Crippen LogP contribution in [0.2, 0.25) is 0 Å². The predicted molar refractivity (Wildman–Crippen MR) is 91.4 cm³/mol. The van der Waals surface area contributed by atoms with E-state index < -0.39 is 9.84 Å². The third kappa shape index (κ3) is 3.68. The van der Waals surface area contributed by atoms with Crippen LogP contribution in [0.25, 0.3) is 5.69 Å². The van der Waals surface area contributed by atoms with Crippen molar-refractivity contribution in [3.63, 3.8) is 0 Å². The standard InChI is InChI=1S/C17H18N4O2S/c1-13-8-9-14(2)15(10-13)11-24(22,23)12-17-18-19-20-21(17)16-6-4-3-5-7-16/h3-10H,11-12H2,1-2H3.